The highest BCUT2D eigenvalue weighted by Crippen LogP contribution is 2.42. The number of aromatic nitrogens is 2. The molecule has 11 nitrogen and oxygen atoms in total. The number of carbonyl (C=O) groups is 3. The average molecular weight is 773 g/mol. The van der Waals surface area contributed by atoms with E-state index in [0.29, 0.717) is 78.0 Å². The maximum Gasteiger partial charge on any atom is 0.417 e. The quantitative estimate of drug-likeness (QED) is 0.0894. The van der Waals surface area contributed by atoms with E-state index in [1.807, 2.05) is 37.2 Å². The number of alkyl halides is 3. The lowest BCUT2D eigenvalue weighted by Gasteiger charge is -2.29. The highest BCUT2D eigenvalue weighted by Gasteiger charge is 2.39. The number of hydrogen-bond acceptors (Lipinski definition) is 10. The lowest BCUT2D eigenvalue weighted by atomic mass is 10.00. The smallest absolute Gasteiger partial charge is 0.417 e. The second-order valence-electron chi connectivity index (χ2n) is 13.6. The zero-order valence-corrected chi connectivity index (χ0v) is 31.1. The second kappa shape index (κ2) is 16.1. The number of amides is 3. The van der Waals surface area contributed by atoms with Gasteiger partial charge in [-0.2, -0.15) is 13.2 Å². The van der Waals surface area contributed by atoms with Gasteiger partial charge in [-0.1, -0.05) is 12.1 Å². The van der Waals surface area contributed by atoms with Crippen LogP contribution in [0.1, 0.15) is 47.2 Å². The second-order valence-corrected chi connectivity index (χ2v) is 14.6. The lowest BCUT2D eigenvalue weighted by molar-refractivity contribution is -0.138. The topological polar surface area (TPSA) is 126 Å². The Balaban J connectivity index is 0.855. The van der Waals surface area contributed by atoms with Crippen LogP contribution in [-0.4, -0.2) is 79.1 Å². The van der Waals surface area contributed by atoms with Crippen molar-refractivity contribution in [2.45, 2.75) is 44.4 Å². The van der Waals surface area contributed by atoms with E-state index in [9.17, 15) is 27.6 Å². The zero-order valence-electron chi connectivity index (χ0n) is 30.2. The summed E-state index contributed by atoms with van der Waals surface area (Å²) in [5, 5.41) is 5.96. The highest BCUT2D eigenvalue weighted by atomic mass is 32.1. The fraction of sp³-hybridized carbons (Fsp3) is 0.325. The number of imide groups is 1. The number of nitrogens with zero attached hydrogens (tertiary/aromatic N) is 4. The van der Waals surface area contributed by atoms with Crippen LogP contribution in [0.15, 0.2) is 72.9 Å². The van der Waals surface area contributed by atoms with Crippen molar-refractivity contribution in [3.63, 3.8) is 0 Å². The molecule has 2 N–H and O–H groups in total. The van der Waals surface area contributed by atoms with Crippen molar-refractivity contribution in [3.8, 4) is 27.4 Å². The Labute approximate surface area is 319 Å². The van der Waals surface area contributed by atoms with E-state index < -0.39 is 23.7 Å². The molecule has 5 aromatic rings. The summed E-state index contributed by atoms with van der Waals surface area (Å²) in [6.07, 6.45) is -1.07. The van der Waals surface area contributed by atoms with Crippen LogP contribution in [0.3, 0.4) is 0 Å². The van der Waals surface area contributed by atoms with Crippen LogP contribution < -0.4 is 20.3 Å². The number of ether oxygens (including phenoxy) is 2. The van der Waals surface area contributed by atoms with E-state index in [1.165, 1.54) is 22.3 Å². The van der Waals surface area contributed by atoms with Gasteiger partial charge in [-0.15, -0.1) is 11.3 Å². The van der Waals surface area contributed by atoms with Crippen LogP contribution in [0, 0.1) is 0 Å². The molecule has 0 bridgehead atoms. The zero-order chi connectivity index (χ0) is 38.7. The SMILES string of the molecule is CN(C)c1ccc(-c2ccc(-c3nc4ccc(NCCCOCCCOc5ccc6c(c5)CN(C5CCC(=O)NC5=O)C6=O)cc4s3)c(C(F)(F)F)c2)cn1. The number of fused-ring (bicyclic) bond motifs is 2. The summed E-state index contributed by atoms with van der Waals surface area (Å²) in [5.74, 6) is 0.358. The van der Waals surface area contributed by atoms with Gasteiger partial charge < -0.3 is 24.6 Å². The fourth-order valence-electron chi connectivity index (χ4n) is 6.62. The fourth-order valence-corrected chi connectivity index (χ4v) is 7.66. The first-order valence-electron chi connectivity index (χ1n) is 17.9. The molecule has 3 amide bonds. The molecule has 1 fully saturated rings. The standard InChI is InChI=1S/C40H39F3N6O5S/c1-48(2)35-13-6-25(22-45-35)24-5-9-30(31(20-24)40(41,42)43)38-46-32-11-7-27(21-34(32)55-38)44-15-3-16-53-17-4-18-54-28-8-10-29-26(19-28)23-49(39(29)52)33-12-14-36(50)47-37(33)51/h5-11,13,19-22,33,44H,3-4,12,14-18,23H2,1-2H3,(H,47,50,51). The van der Waals surface area contributed by atoms with E-state index >= 15 is 0 Å². The van der Waals surface area contributed by atoms with E-state index in [-0.39, 0.29) is 30.3 Å². The highest BCUT2D eigenvalue weighted by molar-refractivity contribution is 7.21. The third-order valence-electron chi connectivity index (χ3n) is 9.47. The number of halogens is 3. The summed E-state index contributed by atoms with van der Waals surface area (Å²) in [5.41, 5.74) is 3.10. The largest absolute Gasteiger partial charge is 0.493 e. The van der Waals surface area contributed by atoms with Gasteiger partial charge >= 0.3 is 6.18 Å². The van der Waals surface area contributed by atoms with Crippen molar-refractivity contribution < 1.29 is 37.0 Å². The molecule has 7 rings (SSSR count). The molecule has 1 saturated heterocycles. The molecule has 2 aliphatic rings. The average Bonchev–Trinajstić information content (AvgIpc) is 3.73. The Kier molecular flexibility index (Phi) is 11.0. The molecule has 0 radical (unpaired) electrons. The van der Waals surface area contributed by atoms with Crippen LogP contribution >= 0.6 is 11.3 Å². The molecule has 4 heterocycles. The first-order valence-corrected chi connectivity index (χ1v) is 18.7. The predicted molar refractivity (Wildman–Crippen MR) is 204 cm³/mol. The molecule has 286 valence electrons. The molecule has 55 heavy (non-hydrogen) atoms. The van der Waals surface area contributed by atoms with E-state index in [4.69, 9.17) is 9.47 Å². The minimum absolute atomic E-state index is 0.0366. The first-order chi connectivity index (χ1) is 26.4. The predicted octanol–water partition coefficient (Wildman–Crippen LogP) is 7.16. The molecule has 0 spiro atoms. The number of thiazole rings is 1. The number of carbonyl (C=O) groups excluding carboxylic acids is 3. The molecule has 0 saturated carbocycles. The van der Waals surface area contributed by atoms with Gasteiger partial charge in [0, 0.05) is 81.8 Å². The number of rotatable bonds is 14. The monoisotopic (exact) mass is 772 g/mol. The van der Waals surface area contributed by atoms with Gasteiger partial charge in [-0.25, -0.2) is 9.97 Å². The van der Waals surface area contributed by atoms with Crippen molar-refractivity contribution in [1.82, 2.24) is 20.2 Å². The first kappa shape index (κ1) is 37.8. The van der Waals surface area contributed by atoms with E-state index in [0.717, 1.165) is 28.4 Å². The van der Waals surface area contributed by atoms with Gasteiger partial charge in [-0.05, 0) is 78.6 Å². The Morgan fingerprint density at radius 2 is 1.75 bits per heavy atom. The molecule has 1 unspecified atom stereocenters. The summed E-state index contributed by atoms with van der Waals surface area (Å²) < 4.78 is 55.4. The Morgan fingerprint density at radius 1 is 0.945 bits per heavy atom. The summed E-state index contributed by atoms with van der Waals surface area (Å²) in [6.45, 7) is 2.39. The number of hydrogen-bond donors (Lipinski definition) is 2. The normalized spacial score (nSPS) is 15.7. The Bertz CT molecular complexity index is 2230. The number of nitrogens with one attached hydrogen (secondary N) is 2. The lowest BCUT2D eigenvalue weighted by Crippen LogP contribution is -2.52. The van der Waals surface area contributed by atoms with Crippen molar-refractivity contribution in [3.05, 3.63) is 89.6 Å². The molecular weight excluding hydrogens is 734 g/mol. The minimum Gasteiger partial charge on any atom is -0.493 e. The third kappa shape index (κ3) is 8.57. The maximum absolute atomic E-state index is 14.3. The molecule has 2 aliphatic heterocycles. The number of pyridine rings is 1. The van der Waals surface area contributed by atoms with Gasteiger partial charge in [0.2, 0.25) is 11.8 Å². The minimum atomic E-state index is -4.57. The van der Waals surface area contributed by atoms with Crippen LogP contribution in [0.25, 0.3) is 31.9 Å². The molecular formula is C40H39F3N6O5S. The molecule has 0 aliphatic carbocycles. The third-order valence-corrected chi connectivity index (χ3v) is 10.5. The maximum atomic E-state index is 14.3. The summed E-state index contributed by atoms with van der Waals surface area (Å²) in [7, 11) is 3.70. The van der Waals surface area contributed by atoms with Crippen LogP contribution in [0.4, 0.5) is 24.7 Å². The summed E-state index contributed by atoms with van der Waals surface area (Å²) in [6, 6.07) is 18.0. The molecule has 15 heteroatoms. The van der Waals surface area contributed by atoms with Gasteiger partial charge in [0.25, 0.3) is 5.91 Å². The van der Waals surface area contributed by atoms with Gasteiger partial charge in [0.1, 0.15) is 22.6 Å². The van der Waals surface area contributed by atoms with Gasteiger partial charge in [0.05, 0.1) is 22.4 Å². The molecule has 1 atom stereocenters. The van der Waals surface area contributed by atoms with Crippen LogP contribution in [-0.2, 0) is 27.0 Å². The van der Waals surface area contributed by atoms with Crippen molar-refractivity contribution >= 4 is 50.8 Å². The van der Waals surface area contributed by atoms with E-state index in [2.05, 4.69) is 20.6 Å². The van der Waals surface area contributed by atoms with Crippen molar-refractivity contribution in [2.24, 2.45) is 0 Å². The van der Waals surface area contributed by atoms with Gasteiger partial charge in [-0.3, -0.25) is 19.7 Å². The Morgan fingerprint density at radius 3 is 2.51 bits per heavy atom. The number of benzene rings is 3. The molecule has 3 aromatic carbocycles. The number of anilines is 2. The van der Waals surface area contributed by atoms with Crippen molar-refractivity contribution in [1.29, 1.82) is 0 Å². The number of piperidine rings is 1. The van der Waals surface area contributed by atoms with Crippen LogP contribution in [0.2, 0.25) is 0 Å². The van der Waals surface area contributed by atoms with Crippen LogP contribution in [0.5, 0.6) is 5.75 Å². The Hall–Kier alpha value is -5.54. The summed E-state index contributed by atoms with van der Waals surface area (Å²) in [4.78, 5) is 48.9. The molecule has 2 aromatic heterocycles. The van der Waals surface area contributed by atoms with Crippen molar-refractivity contribution in [2.75, 3.05) is 50.7 Å². The van der Waals surface area contributed by atoms with Gasteiger partial charge in [0.15, 0.2) is 0 Å². The summed E-state index contributed by atoms with van der Waals surface area (Å²) >= 11 is 1.22. The van der Waals surface area contributed by atoms with E-state index in [1.54, 1.807) is 42.6 Å².